The third kappa shape index (κ3) is 1.89. The first-order valence-electron chi connectivity index (χ1n) is 8.39. The predicted octanol–water partition coefficient (Wildman–Crippen LogP) is 3.36. The summed E-state index contributed by atoms with van der Waals surface area (Å²) >= 11 is 0. The SMILES string of the molecule is Cc1ccc(NC(=O)O[C@@H]2C[C@H]3C[C@H]2[C@@H]2C[C@@H]4O[C@H]4[C@H]32)cc1. The van der Waals surface area contributed by atoms with E-state index in [2.05, 4.69) is 5.32 Å². The highest BCUT2D eigenvalue weighted by Crippen LogP contribution is 2.64. The zero-order valence-corrected chi connectivity index (χ0v) is 12.7. The molecule has 1 amide bonds. The summed E-state index contributed by atoms with van der Waals surface area (Å²) < 4.78 is 11.5. The zero-order valence-electron chi connectivity index (χ0n) is 12.7. The molecule has 7 atom stereocenters. The maximum atomic E-state index is 12.1. The minimum absolute atomic E-state index is 0.106. The van der Waals surface area contributed by atoms with Crippen LogP contribution in [0.2, 0.25) is 0 Å². The second kappa shape index (κ2) is 4.48. The molecule has 0 aromatic heterocycles. The van der Waals surface area contributed by atoms with Gasteiger partial charge in [-0.05, 0) is 62.0 Å². The monoisotopic (exact) mass is 299 g/mol. The number of epoxide rings is 1. The number of rotatable bonds is 2. The standard InChI is InChI=1S/C18H21NO3/c1-9-2-4-11(5-3-9)19-18(20)22-14-7-10-6-12(14)13-8-15-17(21-15)16(10)13/h2-5,10,12-17H,6-8H2,1H3,(H,19,20)/t10-,12+,13+,14-,15+,16-,17-/m1/s1. The van der Waals surface area contributed by atoms with Crippen LogP contribution in [0.4, 0.5) is 10.5 Å². The molecule has 4 fully saturated rings. The van der Waals surface area contributed by atoms with Crippen molar-refractivity contribution in [3.8, 4) is 0 Å². The van der Waals surface area contributed by atoms with Crippen LogP contribution in [0.5, 0.6) is 0 Å². The van der Waals surface area contributed by atoms with Gasteiger partial charge in [-0.25, -0.2) is 4.79 Å². The number of hydrogen-bond acceptors (Lipinski definition) is 3. The molecule has 1 aromatic rings. The summed E-state index contributed by atoms with van der Waals surface area (Å²) in [6.45, 7) is 2.03. The first-order valence-corrected chi connectivity index (χ1v) is 8.39. The summed E-state index contributed by atoms with van der Waals surface area (Å²) in [5.41, 5.74) is 1.98. The molecule has 116 valence electrons. The molecule has 1 aliphatic heterocycles. The van der Waals surface area contributed by atoms with E-state index in [1.54, 1.807) is 0 Å². The number of anilines is 1. The van der Waals surface area contributed by atoms with E-state index in [0.29, 0.717) is 24.0 Å². The number of fused-ring (bicyclic) bond motifs is 7. The van der Waals surface area contributed by atoms with Crippen LogP contribution in [0, 0.1) is 30.6 Å². The Kier molecular flexibility index (Phi) is 2.63. The quantitative estimate of drug-likeness (QED) is 0.852. The molecule has 1 heterocycles. The molecule has 0 unspecified atom stereocenters. The van der Waals surface area contributed by atoms with Crippen molar-refractivity contribution >= 4 is 11.8 Å². The van der Waals surface area contributed by atoms with Gasteiger partial charge in [0.05, 0.1) is 12.2 Å². The highest BCUT2D eigenvalue weighted by Gasteiger charge is 2.67. The summed E-state index contributed by atoms with van der Waals surface area (Å²) in [6.07, 6.45) is 4.31. The summed E-state index contributed by atoms with van der Waals surface area (Å²) in [4.78, 5) is 12.1. The van der Waals surface area contributed by atoms with Crippen LogP contribution in [0.3, 0.4) is 0 Å². The van der Waals surface area contributed by atoms with Gasteiger partial charge in [0.1, 0.15) is 6.10 Å². The van der Waals surface area contributed by atoms with E-state index in [1.165, 1.54) is 18.4 Å². The molecule has 1 aromatic carbocycles. The highest BCUT2D eigenvalue weighted by molar-refractivity contribution is 5.84. The van der Waals surface area contributed by atoms with E-state index in [4.69, 9.17) is 9.47 Å². The van der Waals surface area contributed by atoms with Crippen LogP contribution in [-0.2, 0) is 9.47 Å². The molecular formula is C18H21NO3. The van der Waals surface area contributed by atoms with E-state index < -0.39 is 0 Å². The van der Waals surface area contributed by atoms with Crippen molar-refractivity contribution in [1.29, 1.82) is 0 Å². The molecule has 22 heavy (non-hydrogen) atoms. The van der Waals surface area contributed by atoms with Crippen LogP contribution in [0.15, 0.2) is 24.3 Å². The Morgan fingerprint density at radius 1 is 1.18 bits per heavy atom. The number of ether oxygens (including phenoxy) is 2. The molecule has 2 bridgehead atoms. The van der Waals surface area contributed by atoms with Gasteiger partial charge in [0.25, 0.3) is 0 Å². The minimum Gasteiger partial charge on any atom is -0.446 e. The van der Waals surface area contributed by atoms with Crippen LogP contribution in [0.25, 0.3) is 0 Å². The molecule has 5 rings (SSSR count). The van der Waals surface area contributed by atoms with Crippen molar-refractivity contribution in [2.24, 2.45) is 23.7 Å². The van der Waals surface area contributed by atoms with Crippen molar-refractivity contribution in [1.82, 2.24) is 0 Å². The lowest BCUT2D eigenvalue weighted by Crippen LogP contribution is -2.35. The predicted molar refractivity (Wildman–Crippen MR) is 81.5 cm³/mol. The Morgan fingerprint density at radius 2 is 2.00 bits per heavy atom. The largest absolute Gasteiger partial charge is 0.446 e. The number of aryl methyl sites for hydroxylation is 1. The molecule has 4 heteroatoms. The second-order valence-electron chi connectivity index (χ2n) is 7.45. The van der Waals surface area contributed by atoms with Crippen LogP contribution in [-0.4, -0.2) is 24.4 Å². The maximum Gasteiger partial charge on any atom is 0.411 e. The number of hydrogen-bond donors (Lipinski definition) is 1. The lowest BCUT2D eigenvalue weighted by Gasteiger charge is -2.32. The molecule has 4 nitrogen and oxygen atoms in total. The normalized spacial score (nSPS) is 43.6. The first kappa shape index (κ1) is 12.9. The number of benzene rings is 1. The van der Waals surface area contributed by atoms with Crippen molar-refractivity contribution in [3.05, 3.63) is 29.8 Å². The van der Waals surface area contributed by atoms with Gasteiger partial charge in [0, 0.05) is 5.69 Å². The Morgan fingerprint density at radius 3 is 2.82 bits per heavy atom. The van der Waals surface area contributed by atoms with E-state index in [0.717, 1.165) is 23.9 Å². The molecule has 4 aliphatic rings. The van der Waals surface area contributed by atoms with E-state index >= 15 is 0 Å². The smallest absolute Gasteiger partial charge is 0.411 e. The zero-order chi connectivity index (χ0) is 14.8. The van der Waals surface area contributed by atoms with Gasteiger partial charge in [0.15, 0.2) is 0 Å². The second-order valence-corrected chi connectivity index (χ2v) is 7.45. The van der Waals surface area contributed by atoms with Crippen LogP contribution >= 0.6 is 0 Å². The van der Waals surface area contributed by atoms with Gasteiger partial charge >= 0.3 is 6.09 Å². The Hall–Kier alpha value is -1.55. The molecular weight excluding hydrogens is 278 g/mol. The Balaban J connectivity index is 1.22. The Labute approximate surface area is 130 Å². The lowest BCUT2D eigenvalue weighted by atomic mass is 9.79. The highest BCUT2D eigenvalue weighted by atomic mass is 16.6. The average molecular weight is 299 g/mol. The van der Waals surface area contributed by atoms with Crippen LogP contribution in [0.1, 0.15) is 24.8 Å². The number of amides is 1. The van der Waals surface area contributed by atoms with Crippen molar-refractivity contribution in [2.45, 2.75) is 44.5 Å². The van der Waals surface area contributed by atoms with Gasteiger partial charge in [0.2, 0.25) is 0 Å². The fourth-order valence-electron chi connectivity index (χ4n) is 5.32. The first-order chi connectivity index (χ1) is 10.7. The molecule has 0 spiro atoms. The van der Waals surface area contributed by atoms with Gasteiger partial charge in [-0.1, -0.05) is 17.7 Å². The van der Waals surface area contributed by atoms with Gasteiger partial charge in [-0.3, -0.25) is 5.32 Å². The summed E-state index contributed by atoms with van der Waals surface area (Å²) in [5.74, 6) is 2.77. The van der Waals surface area contributed by atoms with E-state index in [9.17, 15) is 4.79 Å². The maximum absolute atomic E-state index is 12.1. The van der Waals surface area contributed by atoms with Gasteiger partial charge in [-0.15, -0.1) is 0 Å². The molecule has 3 aliphatic carbocycles. The van der Waals surface area contributed by atoms with Gasteiger partial charge < -0.3 is 9.47 Å². The molecule has 3 saturated carbocycles. The fraction of sp³-hybridized carbons (Fsp3) is 0.611. The van der Waals surface area contributed by atoms with E-state index in [1.807, 2.05) is 31.2 Å². The molecule has 1 N–H and O–H groups in total. The third-order valence-corrected chi connectivity index (χ3v) is 6.24. The number of nitrogens with one attached hydrogen (secondary N) is 1. The van der Waals surface area contributed by atoms with Crippen molar-refractivity contribution < 1.29 is 14.3 Å². The van der Waals surface area contributed by atoms with Crippen LogP contribution < -0.4 is 5.32 Å². The summed E-state index contributed by atoms with van der Waals surface area (Å²) in [6, 6.07) is 7.80. The third-order valence-electron chi connectivity index (χ3n) is 6.24. The number of carbonyl (C=O) groups excluding carboxylic acids is 1. The van der Waals surface area contributed by atoms with Crippen molar-refractivity contribution in [3.63, 3.8) is 0 Å². The molecule has 1 saturated heterocycles. The minimum atomic E-state index is -0.308. The van der Waals surface area contributed by atoms with Crippen molar-refractivity contribution in [2.75, 3.05) is 5.32 Å². The van der Waals surface area contributed by atoms with Gasteiger partial charge in [-0.2, -0.15) is 0 Å². The summed E-state index contributed by atoms with van der Waals surface area (Å²) in [5, 5.41) is 2.85. The molecule has 0 radical (unpaired) electrons. The number of carbonyl (C=O) groups is 1. The van der Waals surface area contributed by atoms with E-state index in [-0.39, 0.29) is 12.2 Å². The fourth-order valence-corrected chi connectivity index (χ4v) is 5.32. The lowest BCUT2D eigenvalue weighted by molar-refractivity contribution is 0.0251. The topological polar surface area (TPSA) is 50.9 Å². The summed E-state index contributed by atoms with van der Waals surface area (Å²) in [7, 11) is 0. The Bertz CT molecular complexity index is 613. The average Bonchev–Trinajstić information content (AvgIpc) is 2.84.